The lowest BCUT2D eigenvalue weighted by Gasteiger charge is -2.22. The summed E-state index contributed by atoms with van der Waals surface area (Å²) in [4.78, 5) is 16.1. The molecule has 0 bridgehead atoms. The third-order valence-corrected chi connectivity index (χ3v) is 4.50. The first kappa shape index (κ1) is 19.7. The van der Waals surface area contributed by atoms with Crippen LogP contribution in [-0.2, 0) is 27.5 Å². The molecule has 140 valence electrons. The van der Waals surface area contributed by atoms with Gasteiger partial charge < -0.3 is 5.32 Å². The summed E-state index contributed by atoms with van der Waals surface area (Å²) in [6.07, 6.45) is -2.11. The largest absolute Gasteiger partial charge is 0.416 e. The number of benzene rings is 1. The van der Waals surface area contributed by atoms with Crippen LogP contribution in [0.1, 0.15) is 11.3 Å². The van der Waals surface area contributed by atoms with Crippen molar-refractivity contribution in [3.63, 3.8) is 0 Å². The summed E-state index contributed by atoms with van der Waals surface area (Å²) in [5.41, 5.74) is -0.357. The first-order chi connectivity index (χ1) is 12.1. The summed E-state index contributed by atoms with van der Waals surface area (Å²) in [5.74, 6) is -0.610. The van der Waals surface area contributed by atoms with Gasteiger partial charge in [-0.2, -0.15) is 13.2 Å². The van der Waals surface area contributed by atoms with Crippen LogP contribution in [-0.4, -0.2) is 32.1 Å². The lowest BCUT2D eigenvalue weighted by atomic mass is 10.2. The first-order valence-electron chi connectivity index (χ1n) is 7.39. The maximum absolute atomic E-state index is 12.6. The van der Waals surface area contributed by atoms with Gasteiger partial charge in [0.1, 0.15) is 6.54 Å². The zero-order valence-corrected chi connectivity index (χ0v) is 14.5. The Hall–Kier alpha value is -2.62. The second kappa shape index (κ2) is 7.73. The van der Waals surface area contributed by atoms with Crippen molar-refractivity contribution in [2.75, 3.05) is 17.1 Å². The van der Waals surface area contributed by atoms with Gasteiger partial charge in [-0.3, -0.25) is 14.1 Å². The molecule has 0 saturated heterocycles. The highest BCUT2D eigenvalue weighted by Crippen LogP contribution is 2.30. The number of hydrogen-bond donors (Lipinski definition) is 1. The summed E-state index contributed by atoms with van der Waals surface area (Å²) in [7, 11) is -3.87. The molecule has 2 aromatic rings. The zero-order valence-electron chi connectivity index (χ0n) is 13.7. The summed E-state index contributed by atoms with van der Waals surface area (Å²) in [5, 5.41) is 2.52. The van der Waals surface area contributed by atoms with Crippen molar-refractivity contribution in [3.05, 3.63) is 59.9 Å². The number of anilines is 1. The summed E-state index contributed by atoms with van der Waals surface area (Å²) >= 11 is 0. The Balaban J connectivity index is 2.11. The highest BCUT2D eigenvalue weighted by Gasteiger charge is 2.30. The maximum Gasteiger partial charge on any atom is 0.416 e. The van der Waals surface area contributed by atoms with E-state index in [4.69, 9.17) is 0 Å². The van der Waals surface area contributed by atoms with E-state index in [9.17, 15) is 26.4 Å². The van der Waals surface area contributed by atoms with Crippen LogP contribution in [0.4, 0.5) is 18.9 Å². The van der Waals surface area contributed by atoms with Gasteiger partial charge in [0, 0.05) is 6.20 Å². The van der Waals surface area contributed by atoms with E-state index in [-0.39, 0.29) is 12.2 Å². The molecule has 0 spiro atoms. The molecule has 0 aliphatic carbocycles. The van der Waals surface area contributed by atoms with Gasteiger partial charge >= 0.3 is 6.18 Å². The van der Waals surface area contributed by atoms with Crippen LogP contribution in [0, 0.1) is 0 Å². The lowest BCUT2D eigenvalue weighted by molar-refractivity contribution is -0.137. The van der Waals surface area contributed by atoms with Crippen molar-refractivity contribution >= 4 is 21.6 Å². The second-order valence-electron chi connectivity index (χ2n) is 5.41. The molecular formula is C16H16F3N3O3S. The van der Waals surface area contributed by atoms with Gasteiger partial charge in [-0.15, -0.1) is 0 Å². The van der Waals surface area contributed by atoms with E-state index in [2.05, 4.69) is 10.3 Å². The highest BCUT2D eigenvalue weighted by molar-refractivity contribution is 7.92. The molecule has 1 aromatic carbocycles. The molecule has 10 heteroatoms. The highest BCUT2D eigenvalue weighted by atomic mass is 32.2. The number of rotatable bonds is 6. The fourth-order valence-corrected chi connectivity index (χ4v) is 2.95. The molecule has 26 heavy (non-hydrogen) atoms. The topological polar surface area (TPSA) is 79.4 Å². The summed E-state index contributed by atoms with van der Waals surface area (Å²) in [6.45, 7) is -0.457. The van der Waals surface area contributed by atoms with Crippen LogP contribution in [0.15, 0.2) is 48.7 Å². The smallest absolute Gasteiger partial charge is 0.349 e. The van der Waals surface area contributed by atoms with E-state index in [1.54, 1.807) is 24.4 Å². The predicted octanol–water partition coefficient (Wildman–Crippen LogP) is 2.18. The van der Waals surface area contributed by atoms with E-state index in [1.165, 1.54) is 0 Å². The van der Waals surface area contributed by atoms with Gasteiger partial charge in [0.2, 0.25) is 15.9 Å². The molecule has 1 amide bonds. The molecule has 0 aliphatic rings. The fraction of sp³-hybridized carbons (Fsp3) is 0.250. The van der Waals surface area contributed by atoms with Crippen molar-refractivity contribution in [1.82, 2.24) is 10.3 Å². The molecular weight excluding hydrogens is 371 g/mol. The number of carbonyl (C=O) groups is 1. The lowest BCUT2D eigenvalue weighted by Crippen LogP contribution is -2.40. The SMILES string of the molecule is CS(=O)(=O)N(CC(=O)NCc1ccccn1)c1ccc(C(F)(F)F)cc1. The van der Waals surface area contributed by atoms with Gasteiger partial charge in [-0.05, 0) is 36.4 Å². The minimum absolute atomic E-state index is 0.0338. The average Bonchev–Trinajstić information content (AvgIpc) is 2.57. The van der Waals surface area contributed by atoms with Crippen LogP contribution in [0.2, 0.25) is 0 Å². The average molecular weight is 387 g/mol. The Morgan fingerprint density at radius 3 is 2.31 bits per heavy atom. The van der Waals surface area contributed by atoms with E-state index in [1.807, 2.05) is 0 Å². The molecule has 1 heterocycles. The third-order valence-electron chi connectivity index (χ3n) is 3.36. The van der Waals surface area contributed by atoms with Gasteiger partial charge in [-0.25, -0.2) is 8.42 Å². The number of sulfonamides is 1. The summed E-state index contributed by atoms with van der Waals surface area (Å²) < 4.78 is 62.5. The number of nitrogens with one attached hydrogen (secondary N) is 1. The van der Waals surface area contributed by atoms with Gasteiger partial charge in [-0.1, -0.05) is 6.07 Å². The Morgan fingerprint density at radius 2 is 1.81 bits per heavy atom. The van der Waals surface area contributed by atoms with Crippen molar-refractivity contribution in [1.29, 1.82) is 0 Å². The van der Waals surface area contributed by atoms with E-state index in [0.717, 1.165) is 34.8 Å². The number of aromatic nitrogens is 1. The van der Waals surface area contributed by atoms with Gasteiger partial charge in [0.25, 0.3) is 0 Å². The van der Waals surface area contributed by atoms with Crippen molar-refractivity contribution in [2.45, 2.75) is 12.7 Å². The fourth-order valence-electron chi connectivity index (χ4n) is 2.09. The van der Waals surface area contributed by atoms with Gasteiger partial charge in [0.05, 0.1) is 29.7 Å². The first-order valence-corrected chi connectivity index (χ1v) is 9.24. The number of nitrogens with zero attached hydrogens (tertiary/aromatic N) is 2. The van der Waals surface area contributed by atoms with Gasteiger partial charge in [0.15, 0.2) is 0 Å². The van der Waals surface area contributed by atoms with Crippen LogP contribution >= 0.6 is 0 Å². The Morgan fingerprint density at radius 1 is 1.15 bits per heavy atom. The van der Waals surface area contributed by atoms with Crippen molar-refractivity contribution in [2.24, 2.45) is 0 Å². The molecule has 6 nitrogen and oxygen atoms in total. The minimum Gasteiger partial charge on any atom is -0.349 e. The molecule has 0 fully saturated rings. The monoisotopic (exact) mass is 387 g/mol. The number of carbonyl (C=O) groups excluding carboxylic acids is 1. The summed E-state index contributed by atoms with van der Waals surface area (Å²) in [6, 6.07) is 8.68. The third kappa shape index (κ3) is 5.45. The van der Waals surface area contributed by atoms with Crippen LogP contribution in [0.25, 0.3) is 0 Å². The molecule has 2 rings (SSSR count). The van der Waals surface area contributed by atoms with Crippen LogP contribution < -0.4 is 9.62 Å². The molecule has 1 aromatic heterocycles. The number of hydrogen-bond acceptors (Lipinski definition) is 4. The second-order valence-corrected chi connectivity index (χ2v) is 7.32. The molecule has 0 saturated carbocycles. The van der Waals surface area contributed by atoms with Crippen LogP contribution in [0.5, 0.6) is 0 Å². The van der Waals surface area contributed by atoms with Crippen molar-refractivity contribution < 1.29 is 26.4 Å². The normalized spacial score (nSPS) is 11.8. The Bertz CT molecular complexity index is 854. The number of pyridine rings is 1. The Labute approximate surface area is 148 Å². The number of alkyl halides is 3. The molecule has 0 radical (unpaired) electrons. The molecule has 0 aliphatic heterocycles. The molecule has 0 atom stereocenters. The predicted molar refractivity (Wildman–Crippen MR) is 89.7 cm³/mol. The van der Waals surface area contributed by atoms with Crippen LogP contribution in [0.3, 0.4) is 0 Å². The minimum atomic E-state index is -4.53. The quantitative estimate of drug-likeness (QED) is 0.824. The molecule has 0 unspecified atom stereocenters. The van der Waals surface area contributed by atoms with Crippen molar-refractivity contribution in [3.8, 4) is 0 Å². The maximum atomic E-state index is 12.6. The standard InChI is InChI=1S/C16H16F3N3O3S/c1-26(24,25)22(14-7-5-12(6-8-14)16(17,18)19)11-15(23)21-10-13-4-2-3-9-20-13/h2-9H,10-11H2,1H3,(H,21,23). The number of halogens is 3. The molecule has 1 N–H and O–H groups in total. The Kier molecular flexibility index (Phi) is 5.86. The zero-order chi connectivity index (χ0) is 19.4. The number of amides is 1. The van der Waals surface area contributed by atoms with E-state index in [0.29, 0.717) is 5.69 Å². The van der Waals surface area contributed by atoms with E-state index < -0.39 is 34.2 Å². The van der Waals surface area contributed by atoms with E-state index >= 15 is 0 Å².